The smallest absolute Gasteiger partial charge is 0.407 e. The van der Waals surface area contributed by atoms with Gasteiger partial charge in [-0.25, -0.2) is 4.79 Å². The second kappa shape index (κ2) is 3.73. The van der Waals surface area contributed by atoms with E-state index in [1.54, 1.807) is 7.11 Å². The molecule has 2 heterocycles. The van der Waals surface area contributed by atoms with Gasteiger partial charge in [-0.3, -0.25) is 0 Å². The van der Waals surface area contributed by atoms with Crippen molar-refractivity contribution >= 4 is 6.09 Å². The second-order valence-corrected chi connectivity index (χ2v) is 3.85. The number of hydrogen-bond acceptors (Lipinski definition) is 3. The van der Waals surface area contributed by atoms with Crippen LogP contribution in [0, 0.1) is 0 Å². The minimum Gasteiger partial charge on any atom is -0.498 e. The lowest BCUT2D eigenvalue weighted by Gasteiger charge is -2.38. The van der Waals surface area contributed by atoms with Crippen molar-refractivity contribution in [3.63, 3.8) is 0 Å². The van der Waals surface area contributed by atoms with Gasteiger partial charge in [-0.1, -0.05) is 0 Å². The molecule has 1 amide bonds. The molecule has 0 aliphatic carbocycles. The van der Waals surface area contributed by atoms with Crippen molar-refractivity contribution in [3.05, 3.63) is 11.8 Å². The van der Waals surface area contributed by atoms with Crippen LogP contribution in [0.5, 0.6) is 0 Å². The Morgan fingerprint density at radius 2 is 2.27 bits per heavy atom. The molecule has 5 heteroatoms. The molecule has 15 heavy (non-hydrogen) atoms. The topological polar surface area (TPSA) is 59.0 Å². The fraction of sp³-hybridized carbons (Fsp3) is 0.700. The standard InChI is InChI=1S/C10H15NO4/c1-14-8-2-7-15-10(8)3-5-11(6-4-10)9(12)13/h2H,3-7H2,1H3,(H,12,13). The summed E-state index contributed by atoms with van der Waals surface area (Å²) >= 11 is 0. The minimum absolute atomic E-state index is 0.360. The van der Waals surface area contributed by atoms with Gasteiger partial charge < -0.3 is 19.5 Å². The van der Waals surface area contributed by atoms with E-state index in [0.29, 0.717) is 32.5 Å². The monoisotopic (exact) mass is 213 g/mol. The normalized spacial score (nSPS) is 24.1. The van der Waals surface area contributed by atoms with Gasteiger partial charge in [-0.2, -0.15) is 0 Å². The molecule has 0 atom stereocenters. The van der Waals surface area contributed by atoms with Gasteiger partial charge in [0.15, 0.2) is 0 Å². The molecule has 84 valence electrons. The van der Waals surface area contributed by atoms with Crippen molar-refractivity contribution in [1.29, 1.82) is 0 Å². The van der Waals surface area contributed by atoms with Gasteiger partial charge in [0.2, 0.25) is 0 Å². The van der Waals surface area contributed by atoms with Crippen molar-refractivity contribution in [2.75, 3.05) is 26.8 Å². The van der Waals surface area contributed by atoms with Crippen LogP contribution < -0.4 is 0 Å². The number of hydrogen-bond donors (Lipinski definition) is 1. The van der Waals surface area contributed by atoms with E-state index in [1.165, 1.54) is 4.90 Å². The third-order valence-corrected chi connectivity index (χ3v) is 3.14. The van der Waals surface area contributed by atoms with Crippen molar-refractivity contribution < 1.29 is 19.4 Å². The molecule has 1 spiro atoms. The number of carboxylic acid groups (broad SMARTS) is 1. The summed E-state index contributed by atoms with van der Waals surface area (Å²) in [5.41, 5.74) is -0.360. The Labute approximate surface area is 88.3 Å². The number of ether oxygens (including phenoxy) is 2. The van der Waals surface area contributed by atoms with Crippen molar-refractivity contribution in [2.24, 2.45) is 0 Å². The molecular weight excluding hydrogens is 198 g/mol. The molecule has 1 saturated heterocycles. The molecule has 0 unspecified atom stereocenters. The summed E-state index contributed by atoms with van der Waals surface area (Å²) in [5.74, 6) is 0.854. The predicted molar refractivity (Wildman–Crippen MR) is 52.6 cm³/mol. The molecule has 2 aliphatic heterocycles. The lowest BCUT2D eigenvalue weighted by molar-refractivity contribution is -0.0514. The quantitative estimate of drug-likeness (QED) is 0.707. The van der Waals surface area contributed by atoms with Gasteiger partial charge in [0.1, 0.15) is 11.4 Å². The van der Waals surface area contributed by atoms with Gasteiger partial charge in [0.05, 0.1) is 13.7 Å². The molecule has 2 aliphatic rings. The summed E-state index contributed by atoms with van der Waals surface area (Å²) in [4.78, 5) is 12.2. The van der Waals surface area contributed by atoms with Gasteiger partial charge in [-0.15, -0.1) is 0 Å². The fourth-order valence-corrected chi connectivity index (χ4v) is 2.25. The third kappa shape index (κ3) is 1.67. The average molecular weight is 213 g/mol. The highest BCUT2D eigenvalue weighted by Crippen LogP contribution is 2.37. The number of likely N-dealkylation sites (tertiary alicyclic amines) is 1. The maximum Gasteiger partial charge on any atom is 0.407 e. The number of amides is 1. The van der Waals surface area contributed by atoms with E-state index in [9.17, 15) is 4.79 Å². The Morgan fingerprint density at radius 3 is 2.80 bits per heavy atom. The van der Waals surface area contributed by atoms with Crippen LogP contribution in [0.15, 0.2) is 11.8 Å². The van der Waals surface area contributed by atoms with Crippen molar-refractivity contribution in [3.8, 4) is 0 Å². The Balaban J connectivity index is 2.03. The summed E-state index contributed by atoms with van der Waals surface area (Å²) in [6, 6.07) is 0. The zero-order valence-electron chi connectivity index (χ0n) is 8.73. The molecule has 0 saturated carbocycles. The molecule has 0 aromatic rings. The highest BCUT2D eigenvalue weighted by atomic mass is 16.6. The van der Waals surface area contributed by atoms with Crippen molar-refractivity contribution in [1.82, 2.24) is 4.90 Å². The van der Waals surface area contributed by atoms with E-state index in [2.05, 4.69) is 0 Å². The Kier molecular flexibility index (Phi) is 2.56. The van der Waals surface area contributed by atoms with Crippen LogP contribution in [0.4, 0.5) is 4.79 Å². The number of piperidine rings is 1. The summed E-state index contributed by atoms with van der Waals surface area (Å²) in [7, 11) is 1.63. The summed E-state index contributed by atoms with van der Waals surface area (Å²) in [5, 5.41) is 8.83. The van der Waals surface area contributed by atoms with E-state index in [-0.39, 0.29) is 5.60 Å². The molecule has 0 bridgehead atoms. The van der Waals surface area contributed by atoms with Gasteiger partial charge in [-0.05, 0) is 6.08 Å². The first kappa shape index (κ1) is 10.3. The van der Waals surface area contributed by atoms with Crippen LogP contribution in [-0.2, 0) is 9.47 Å². The van der Waals surface area contributed by atoms with Crippen LogP contribution in [0.25, 0.3) is 0 Å². The Hall–Kier alpha value is -1.23. The highest BCUT2D eigenvalue weighted by molar-refractivity contribution is 5.65. The van der Waals surface area contributed by atoms with Gasteiger partial charge in [0.25, 0.3) is 0 Å². The zero-order chi connectivity index (χ0) is 10.9. The molecule has 0 radical (unpaired) electrons. The Bertz CT molecular complexity index is 292. The maximum absolute atomic E-state index is 10.7. The Morgan fingerprint density at radius 1 is 1.60 bits per heavy atom. The van der Waals surface area contributed by atoms with Crippen LogP contribution >= 0.6 is 0 Å². The second-order valence-electron chi connectivity index (χ2n) is 3.85. The molecular formula is C10H15NO4. The first-order valence-corrected chi connectivity index (χ1v) is 5.04. The first-order chi connectivity index (χ1) is 7.18. The van der Waals surface area contributed by atoms with E-state index < -0.39 is 6.09 Å². The number of nitrogens with zero attached hydrogens (tertiary/aromatic N) is 1. The van der Waals surface area contributed by atoms with Gasteiger partial charge in [0, 0.05) is 25.9 Å². The maximum atomic E-state index is 10.7. The molecule has 2 rings (SSSR count). The molecule has 0 aromatic carbocycles. The fourth-order valence-electron chi connectivity index (χ4n) is 2.25. The molecule has 5 nitrogen and oxygen atoms in total. The summed E-state index contributed by atoms with van der Waals surface area (Å²) in [6.45, 7) is 1.59. The van der Waals surface area contributed by atoms with Crippen LogP contribution in [0.2, 0.25) is 0 Å². The first-order valence-electron chi connectivity index (χ1n) is 5.04. The number of carbonyl (C=O) groups is 1. The van der Waals surface area contributed by atoms with E-state index in [0.717, 1.165) is 5.76 Å². The molecule has 0 aromatic heterocycles. The zero-order valence-corrected chi connectivity index (χ0v) is 8.73. The lowest BCUT2D eigenvalue weighted by atomic mass is 9.90. The third-order valence-electron chi connectivity index (χ3n) is 3.14. The van der Waals surface area contributed by atoms with Crippen LogP contribution in [0.3, 0.4) is 0 Å². The van der Waals surface area contributed by atoms with Crippen LogP contribution in [0.1, 0.15) is 12.8 Å². The van der Waals surface area contributed by atoms with E-state index >= 15 is 0 Å². The number of methoxy groups -OCH3 is 1. The summed E-state index contributed by atoms with van der Waals surface area (Å²) < 4.78 is 10.9. The largest absolute Gasteiger partial charge is 0.498 e. The van der Waals surface area contributed by atoms with Crippen molar-refractivity contribution in [2.45, 2.75) is 18.4 Å². The summed E-state index contributed by atoms with van der Waals surface area (Å²) in [6.07, 6.45) is 2.43. The van der Waals surface area contributed by atoms with E-state index in [1.807, 2.05) is 6.08 Å². The average Bonchev–Trinajstić information content (AvgIpc) is 2.61. The molecule has 1 N–H and O–H groups in total. The van der Waals surface area contributed by atoms with Gasteiger partial charge >= 0.3 is 6.09 Å². The van der Waals surface area contributed by atoms with Crippen LogP contribution in [-0.4, -0.2) is 48.5 Å². The number of rotatable bonds is 1. The SMILES string of the molecule is COC1=CCOC12CCN(C(=O)O)CC2. The molecule has 1 fully saturated rings. The van der Waals surface area contributed by atoms with E-state index in [4.69, 9.17) is 14.6 Å². The lowest BCUT2D eigenvalue weighted by Crippen LogP contribution is -2.47. The minimum atomic E-state index is -0.856. The highest BCUT2D eigenvalue weighted by Gasteiger charge is 2.43. The predicted octanol–water partition coefficient (Wildman–Crippen LogP) is 1.06.